The molecule has 4 heteroatoms. The lowest BCUT2D eigenvalue weighted by Gasteiger charge is -2.17. The zero-order valence-electron chi connectivity index (χ0n) is 11.6. The maximum Gasteiger partial charge on any atom is 0.319 e. The Hall–Kier alpha value is -1.81. The van der Waals surface area contributed by atoms with Crippen molar-refractivity contribution in [2.24, 2.45) is 0 Å². The molecular formula is C17H17BrN2O. The zero-order chi connectivity index (χ0) is 14.7. The number of carbonyl (C=O) groups excluding carboxylic acids is 1. The molecule has 21 heavy (non-hydrogen) atoms. The molecular weight excluding hydrogens is 328 g/mol. The van der Waals surface area contributed by atoms with Gasteiger partial charge in [0.25, 0.3) is 0 Å². The summed E-state index contributed by atoms with van der Waals surface area (Å²) >= 11 is 3.42. The van der Waals surface area contributed by atoms with Gasteiger partial charge < -0.3 is 10.6 Å². The molecule has 0 heterocycles. The summed E-state index contributed by atoms with van der Waals surface area (Å²) < 4.78 is 0.879. The zero-order valence-corrected chi connectivity index (χ0v) is 13.2. The summed E-state index contributed by atoms with van der Waals surface area (Å²) in [4.78, 5) is 12.0. The minimum atomic E-state index is -0.163. The molecule has 2 aromatic carbocycles. The number of benzene rings is 2. The van der Waals surface area contributed by atoms with Gasteiger partial charge in [0.15, 0.2) is 0 Å². The van der Waals surface area contributed by atoms with Crippen LogP contribution in [0.3, 0.4) is 0 Å². The Labute approximate surface area is 132 Å². The number of hydrogen-bond acceptors (Lipinski definition) is 1. The van der Waals surface area contributed by atoms with Gasteiger partial charge in [-0.05, 0) is 46.5 Å². The maximum absolute atomic E-state index is 12.0. The minimum absolute atomic E-state index is 0.131. The van der Waals surface area contributed by atoms with E-state index in [2.05, 4.69) is 50.8 Å². The predicted octanol–water partition coefficient (Wildman–Crippen LogP) is 4.30. The summed E-state index contributed by atoms with van der Waals surface area (Å²) in [6.07, 6.45) is 2.26. The van der Waals surface area contributed by atoms with Gasteiger partial charge in [0.1, 0.15) is 0 Å². The first-order valence-electron chi connectivity index (χ1n) is 7.05. The molecule has 0 radical (unpaired) electrons. The molecule has 0 aromatic heterocycles. The van der Waals surface area contributed by atoms with Crippen molar-refractivity contribution in [3.05, 3.63) is 64.6 Å². The molecule has 0 aliphatic heterocycles. The van der Waals surface area contributed by atoms with E-state index in [9.17, 15) is 4.79 Å². The van der Waals surface area contributed by atoms with Crippen molar-refractivity contribution in [2.45, 2.75) is 18.3 Å². The third-order valence-corrected chi connectivity index (χ3v) is 4.64. The molecule has 0 bridgehead atoms. The Kier molecular flexibility index (Phi) is 3.97. The third kappa shape index (κ3) is 3.27. The SMILES string of the molecule is O=C(NCC1(c2ccccc2)CC1)Nc1ccccc1Br. The molecule has 1 aliphatic rings. The van der Waals surface area contributed by atoms with E-state index in [4.69, 9.17) is 0 Å². The van der Waals surface area contributed by atoms with Crippen LogP contribution in [0.2, 0.25) is 0 Å². The molecule has 1 fully saturated rings. The lowest BCUT2D eigenvalue weighted by Crippen LogP contribution is -2.35. The van der Waals surface area contributed by atoms with Gasteiger partial charge in [-0.25, -0.2) is 4.79 Å². The van der Waals surface area contributed by atoms with E-state index in [-0.39, 0.29) is 11.4 Å². The summed E-state index contributed by atoms with van der Waals surface area (Å²) in [5.74, 6) is 0. The van der Waals surface area contributed by atoms with Crippen LogP contribution in [0.4, 0.5) is 10.5 Å². The number of urea groups is 1. The molecule has 0 saturated heterocycles. The van der Waals surface area contributed by atoms with E-state index in [0.717, 1.165) is 23.0 Å². The van der Waals surface area contributed by atoms with Gasteiger partial charge in [0, 0.05) is 16.4 Å². The van der Waals surface area contributed by atoms with Crippen molar-refractivity contribution in [1.29, 1.82) is 0 Å². The lowest BCUT2D eigenvalue weighted by molar-refractivity contribution is 0.251. The number of carbonyl (C=O) groups is 1. The predicted molar refractivity (Wildman–Crippen MR) is 88.5 cm³/mol. The fraction of sp³-hybridized carbons (Fsp3) is 0.235. The van der Waals surface area contributed by atoms with Gasteiger partial charge in [-0.15, -0.1) is 0 Å². The van der Waals surface area contributed by atoms with Crippen LogP contribution in [0.5, 0.6) is 0 Å². The molecule has 2 aromatic rings. The molecule has 3 rings (SSSR count). The van der Waals surface area contributed by atoms with Gasteiger partial charge in [-0.1, -0.05) is 42.5 Å². The Morgan fingerprint density at radius 3 is 2.38 bits per heavy atom. The Bertz CT molecular complexity index is 638. The van der Waals surface area contributed by atoms with Crippen LogP contribution >= 0.6 is 15.9 Å². The number of amides is 2. The first-order valence-corrected chi connectivity index (χ1v) is 7.84. The molecule has 2 amide bonds. The average Bonchev–Trinajstić information content (AvgIpc) is 3.30. The highest BCUT2D eigenvalue weighted by Gasteiger charge is 2.44. The number of rotatable bonds is 4. The topological polar surface area (TPSA) is 41.1 Å². The third-order valence-electron chi connectivity index (χ3n) is 3.95. The van der Waals surface area contributed by atoms with Crippen LogP contribution in [0.25, 0.3) is 0 Å². The van der Waals surface area contributed by atoms with Gasteiger partial charge >= 0.3 is 6.03 Å². The molecule has 0 unspecified atom stereocenters. The second kappa shape index (κ2) is 5.90. The normalized spacial score (nSPS) is 15.3. The lowest BCUT2D eigenvalue weighted by atomic mass is 9.96. The smallest absolute Gasteiger partial charge is 0.319 e. The fourth-order valence-electron chi connectivity index (χ4n) is 2.49. The number of para-hydroxylation sites is 1. The number of nitrogens with one attached hydrogen (secondary N) is 2. The summed E-state index contributed by atoms with van der Waals surface area (Å²) in [5.41, 5.74) is 2.22. The standard InChI is InChI=1S/C17H17BrN2O/c18-14-8-4-5-9-15(14)20-16(21)19-12-17(10-11-17)13-6-2-1-3-7-13/h1-9H,10-12H2,(H2,19,20,21). The van der Waals surface area contributed by atoms with Crippen LogP contribution in [0.1, 0.15) is 18.4 Å². The monoisotopic (exact) mass is 344 g/mol. The molecule has 0 spiro atoms. The van der Waals surface area contributed by atoms with E-state index in [0.29, 0.717) is 6.54 Å². The Morgan fingerprint density at radius 1 is 1.05 bits per heavy atom. The first kappa shape index (κ1) is 14.1. The summed E-state index contributed by atoms with van der Waals surface area (Å²) in [7, 11) is 0. The molecule has 3 nitrogen and oxygen atoms in total. The van der Waals surface area contributed by atoms with Crippen LogP contribution in [0.15, 0.2) is 59.1 Å². The van der Waals surface area contributed by atoms with Crippen molar-refractivity contribution in [3.8, 4) is 0 Å². The molecule has 108 valence electrons. The highest BCUT2D eigenvalue weighted by molar-refractivity contribution is 9.10. The van der Waals surface area contributed by atoms with Crippen molar-refractivity contribution < 1.29 is 4.79 Å². The van der Waals surface area contributed by atoms with E-state index < -0.39 is 0 Å². The second-order valence-electron chi connectivity index (χ2n) is 5.43. The minimum Gasteiger partial charge on any atom is -0.337 e. The highest BCUT2D eigenvalue weighted by atomic mass is 79.9. The van der Waals surface area contributed by atoms with Gasteiger partial charge in [0.05, 0.1) is 5.69 Å². The van der Waals surface area contributed by atoms with E-state index >= 15 is 0 Å². The highest BCUT2D eigenvalue weighted by Crippen LogP contribution is 2.47. The second-order valence-corrected chi connectivity index (χ2v) is 6.29. The molecule has 0 atom stereocenters. The largest absolute Gasteiger partial charge is 0.337 e. The quantitative estimate of drug-likeness (QED) is 0.852. The van der Waals surface area contributed by atoms with Crippen molar-refractivity contribution in [3.63, 3.8) is 0 Å². The Balaban J connectivity index is 1.58. The summed E-state index contributed by atoms with van der Waals surface area (Å²) in [6.45, 7) is 0.674. The average molecular weight is 345 g/mol. The van der Waals surface area contributed by atoms with Crippen molar-refractivity contribution in [2.75, 3.05) is 11.9 Å². The maximum atomic E-state index is 12.0. The number of hydrogen-bond donors (Lipinski definition) is 2. The van der Waals surface area contributed by atoms with E-state index in [1.165, 1.54) is 5.56 Å². The van der Waals surface area contributed by atoms with Crippen LogP contribution in [0, 0.1) is 0 Å². The summed E-state index contributed by atoms with van der Waals surface area (Å²) in [5, 5.41) is 5.85. The van der Waals surface area contributed by atoms with E-state index in [1.54, 1.807) is 0 Å². The van der Waals surface area contributed by atoms with Crippen molar-refractivity contribution >= 4 is 27.6 Å². The number of halogens is 1. The van der Waals surface area contributed by atoms with Crippen LogP contribution in [-0.4, -0.2) is 12.6 Å². The molecule has 2 N–H and O–H groups in total. The van der Waals surface area contributed by atoms with Crippen molar-refractivity contribution in [1.82, 2.24) is 5.32 Å². The van der Waals surface area contributed by atoms with Crippen LogP contribution < -0.4 is 10.6 Å². The van der Waals surface area contributed by atoms with E-state index in [1.807, 2.05) is 30.3 Å². The molecule has 1 saturated carbocycles. The first-order chi connectivity index (χ1) is 10.2. The molecule has 1 aliphatic carbocycles. The number of anilines is 1. The van der Waals surface area contributed by atoms with Gasteiger partial charge in [-0.2, -0.15) is 0 Å². The fourth-order valence-corrected chi connectivity index (χ4v) is 2.87. The van der Waals surface area contributed by atoms with Gasteiger partial charge in [0.2, 0.25) is 0 Å². The van der Waals surface area contributed by atoms with Crippen LogP contribution in [-0.2, 0) is 5.41 Å². The Morgan fingerprint density at radius 2 is 1.71 bits per heavy atom. The van der Waals surface area contributed by atoms with Gasteiger partial charge in [-0.3, -0.25) is 0 Å². The summed E-state index contributed by atoms with van der Waals surface area (Å²) in [6, 6.07) is 17.8.